The fourth-order valence-corrected chi connectivity index (χ4v) is 4.27. The fraction of sp³-hybridized carbons (Fsp3) is 0.381. The molecule has 0 saturated heterocycles. The smallest absolute Gasteiger partial charge is 0.324 e. The summed E-state index contributed by atoms with van der Waals surface area (Å²) in [5.74, 6) is 0.745. The Hall–Kier alpha value is -2.87. The van der Waals surface area contributed by atoms with Crippen LogP contribution in [0.15, 0.2) is 41.8 Å². The summed E-state index contributed by atoms with van der Waals surface area (Å²) in [4.78, 5) is 33.1. The number of para-hydroxylation sites is 2. The SMILES string of the molecule is CC(C)C[C@H](NC(=O)N1CCn2c1nc1ccccc12)C(=O)NCc1cccs1. The zero-order chi connectivity index (χ0) is 20.4. The summed E-state index contributed by atoms with van der Waals surface area (Å²) in [5, 5.41) is 7.86. The van der Waals surface area contributed by atoms with E-state index in [9.17, 15) is 9.59 Å². The Labute approximate surface area is 173 Å². The van der Waals surface area contributed by atoms with Crippen LogP contribution in [0.4, 0.5) is 10.7 Å². The monoisotopic (exact) mass is 411 g/mol. The number of nitrogens with one attached hydrogen (secondary N) is 2. The number of urea groups is 1. The largest absolute Gasteiger partial charge is 0.349 e. The number of amides is 3. The second kappa shape index (κ2) is 8.24. The van der Waals surface area contributed by atoms with Gasteiger partial charge in [-0.1, -0.05) is 32.0 Å². The summed E-state index contributed by atoms with van der Waals surface area (Å²) in [5.41, 5.74) is 1.89. The van der Waals surface area contributed by atoms with Gasteiger partial charge in [0.05, 0.1) is 17.6 Å². The van der Waals surface area contributed by atoms with Gasteiger partial charge < -0.3 is 15.2 Å². The van der Waals surface area contributed by atoms with E-state index in [0.717, 1.165) is 15.9 Å². The first-order chi connectivity index (χ1) is 14.0. The van der Waals surface area contributed by atoms with Crippen molar-refractivity contribution in [3.05, 3.63) is 46.7 Å². The van der Waals surface area contributed by atoms with Crippen molar-refractivity contribution in [2.24, 2.45) is 5.92 Å². The lowest BCUT2D eigenvalue weighted by atomic mass is 10.0. The predicted octanol–water partition coefficient (Wildman–Crippen LogP) is 3.36. The van der Waals surface area contributed by atoms with Crippen molar-refractivity contribution in [3.8, 4) is 0 Å². The van der Waals surface area contributed by atoms with Gasteiger partial charge >= 0.3 is 6.03 Å². The molecule has 0 radical (unpaired) electrons. The highest BCUT2D eigenvalue weighted by molar-refractivity contribution is 7.09. The summed E-state index contributed by atoms with van der Waals surface area (Å²) >= 11 is 1.60. The van der Waals surface area contributed by atoms with Crippen LogP contribution >= 0.6 is 11.3 Å². The minimum Gasteiger partial charge on any atom is -0.349 e. The number of hydrogen-bond acceptors (Lipinski definition) is 4. The molecule has 1 aliphatic rings. The lowest BCUT2D eigenvalue weighted by molar-refractivity contribution is -0.123. The molecule has 8 heteroatoms. The molecule has 0 saturated carbocycles. The Morgan fingerprint density at radius 3 is 2.76 bits per heavy atom. The van der Waals surface area contributed by atoms with Crippen LogP contribution in [0, 0.1) is 5.92 Å². The third kappa shape index (κ3) is 4.12. The number of nitrogens with zero attached hydrogens (tertiary/aromatic N) is 3. The van der Waals surface area contributed by atoms with Gasteiger partial charge in [-0.2, -0.15) is 0 Å². The van der Waals surface area contributed by atoms with Crippen LogP contribution in [0.2, 0.25) is 0 Å². The standard InChI is InChI=1S/C21H25N5O2S/c1-14(2)12-17(19(27)22-13-15-6-5-11-29-15)24-21(28)26-10-9-25-18-8-4-3-7-16(18)23-20(25)26/h3-8,11,14,17H,9-10,12-13H2,1-2H3,(H,22,27)(H,24,28)/t17-/m0/s1. The van der Waals surface area contributed by atoms with E-state index >= 15 is 0 Å². The van der Waals surface area contributed by atoms with Crippen molar-refractivity contribution in [3.63, 3.8) is 0 Å². The molecule has 3 aromatic rings. The number of aromatic nitrogens is 2. The second-order valence-corrected chi connectivity index (χ2v) is 8.66. The first kappa shape index (κ1) is 19.4. The molecule has 3 amide bonds. The number of rotatable bonds is 6. The van der Waals surface area contributed by atoms with Gasteiger partial charge in [0.25, 0.3) is 0 Å². The number of thiophene rings is 1. The molecule has 0 spiro atoms. The van der Waals surface area contributed by atoms with Crippen LogP contribution in [0.3, 0.4) is 0 Å². The van der Waals surface area contributed by atoms with Gasteiger partial charge in [0, 0.05) is 18.0 Å². The number of hydrogen-bond donors (Lipinski definition) is 2. The maximum absolute atomic E-state index is 13.0. The molecule has 1 aromatic carbocycles. The molecule has 2 aromatic heterocycles. The molecule has 29 heavy (non-hydrogen) atoms. The van der Waals surface area contributed by atoms with E-state index in [-0.39, 0.29) is 17.9 Å². The number of carbonyl (C=O) groups is 2. The highest BCUT2D eigenvalue weighted by atomic mass is 32.1. The van der Waals surface area contributed by atoms with Crippen molar-refractivity contribution in [2.75, 3.05) is 11.4 Å². The van der Waals surface area contributed by atoms with Crippen LogP contribution < -0.4 is 15.5 Å². The molecule has 1 aliphatic heterocycles. The maximum Gasteiger partial charge on any atom is 0.324 e. The zero-order valence-corrected chi connectivity index (χ0v) is 17.4. The van der Waals surface area contributed by atoms with Crippen molar-refractivity contribution >= 4 is 40.3 Å². The van der Waals surface area contributed by atoms with Crippen LogP contribution in [0.5, 0.6) is 0 Å². The normalized spacial score (nSPS) is 14.2. The molecule has 152 valence electrons. The molecule has 4 rings (SSSR count). The van der Waals surface area contributed by atoms with Gasteiger partial charge in [-0.15, -0.1) is 11.3 Å². The van der Waals surface area contributed by atoms with E-state index in [1.54, 1.807) is 16.2 Å². The van der Waals surface area contributed by atoms with E-state index in [1.165, 1.54) is 0 Å². The summed E-state index contributed by atoms with van der Waals surface area (Å²) in [6, 6.07) is 10.9. The molecular weight excluding hydrogens is 386 g/mol. The van der Waals surface area contributed by atoms with Gasteiger partial charge in [0.1, 0.15) is 6.04 Å². The fourth-order valence-electron chi connectivity index (χ4n) is 3.62. The van der Waals surface area contributed by atoms with E-state index in [1.807, 2.05) is 60.2 Å². The van der Waals surface area contributed by atoms with Gasteiger partial charge in [0.2, 0.25) is 11.9 Å². The molecular formula is C21H25N5O2S. The summed E-state index contributed by atoms with van der Waals surface area (Å²) in [6.07, 6.45) is 0.576. The summed E-state index contributed by atoms with van der Waals surface area (Å²) in [6.45, 7) is 5.80. The number of benzene rings is 1. The summed E-state index contributed by atoms with van der Waals surface area (Å²) < 4.78 is 2.04. The van der Waals surface area contributed by atoms with E-state index in [0.29, 0.717) is 32.0 Å². The van der Waals surface area contributed by atoms with Gasteiger partial charge in [-0.05, 0) is 35.9 Å². The number of carbonyl (C=O) groups excluding carboxylic acids is 2. The lowest BCUT2D eigenvalue weighted by Crippen LogP contribution is -2.51. The molecule has 3 heterocycles. The van der Waals surface area contributed by atoms with Crippen molar-refractivity contribution in [1.82, 2.24) is 20.2 Å². The minimum atomic E-state index is -0.583. The van der Waals surface area contributed by atoms with Gasteiger partial charge in [0.15, 0.2) is 0 Å². The van der Waals surface area contributed by atoms with Crippen LogP contribution in [0.1, 0.15) is 25.1 Å². The minimum absolute atomic E-state index is 0.159. The number of imidazole rings is 1. The number of anilines is 1. The molecule has 1 atom stereocenters. The third-order valence-electron chi connectivity index (χ3n) is 5.01. The van der Waals surface area contributed by atoms with Crippen LogP contribution in [-0.2, 0) is 17.9 Å². The van der Waals surface area contributed by atoms with Crippen LogP contribution in [0.25, 0.3) is 11.0 Å². The third-order valence-corrected chi connectivity index (χ3v) is 5.88. The quantitative estimate of drug-likeness (QED) is 0.653. The van der Waals surface area contributed by atoms with Gasteiger partial charge in [-0.25, -0.2) is 9.78 Å². The Morgan fingerprint density at radius 1 is 1.17 bits per heavy atom. The molecule has 0 fully saturated rings. The highest BCUT2D eigenvalue weighted by Crippen LogP contribution is 2.27. The second-order valence-electron chi connectivity index (χ2n) is 7.63. The van der Waals surface area contributed by atoms with Crippen molar-refractivity contribution in [1.29, 1.82) is 0 Å². The zero-order valence-electron chi connectivity index (χ0n) is 16.6. The first-order valence-electron chi connectivity index (χ1n) is 9.86. The molecule has 0 unspecified atom stereocenters. The van der Waals surface area contributed by atoms with E-state index in [2.05, 4.69) is 15.6 Å². The summed E-state index contributed by atoms with van der Waals surface area (Å²) in [7, 11) is 0. The Morgan fingerprint density at radius 2 is 2.00 bits per heavy atom. The highest BCUT2D eigenvalue weighted by Gasteiger charge is 2.31. The predicted molar refractivity (Wildman–Crippen MR) is 115 cm³/mol. The molecule has 0 bridgehead atoms. The van der Waals surface area contributed by atoms with E-state index < -0.39 is 6.04 Å². The molecule has 7 nitrogen and oxygen atoms in total. The number of fused-ring (bicyclic) bond motifs is 3. The lowest BCUT2D eigenvalue weighted by Gasteiger charge is -2.23. The van der Waals surface area contributed by atoms with Crippen molar-refractivity contribution < 1.29 is 9.59 Å². The molecule has 0 aliphatic carbocycles. The Kier molecular flexibility index (Phi) is 5.53. The average molecular weight is 412 g/mol. The van der Waals surface area contributed by atoms with Gasteiger partial charge in [-0.3, -0.25) is 9.69 Å². The molecule has 2 N–H and O–H groups in total. The topological polar surface area (TPSA) is 79.3 Å². The maximum atomic E-state index is 13.0. The average Bonchev–Trinajstić information content (AvgIpc) is 3.41. The first-order valence-corrected chi connectivity index (χ1v) is 10.7. The van der Waals surface area contributed by atoms with Crippen LogP contribution in [-0.4, -0.2) is 34.1 Å². The Balaban J connectivity index is 1.46. The van der Waals surface area contributed by atoms with E-state index in [4.69, 9.17) is 0 Å². The Bertz CT molecular complexity index is 1010. The van der Waals surface area contributed by atoms with Crippen molar-refractivity contribution in [2.45, 2.75) is 39.4 Å².